The van der Waals surface area contributed by atoms with Crippen molar-refractivity contribution in [3.8, 4) is 11.5 Å². The third-order valence-corrected chi connectivity index (χ3v) is 4.16. The van der Waals surface area contributed by atoms with Crippen LogP contribution in [-0.2, 0) is 24.1 Å². The van der Waals surface area contributed by atoms with Crippen molar-refractivity contribution < 1.29 is 19.4 Å². The molecule has 4 nitrogen and oxygen atoms in total. The molecule has 120 valence electrons. The van der Waals surface area contributed by atoms with Crippen LogP contribution in [0.4, 0.5) is 0 Å². The first-order valence-electron chi connectivity index (χ1n) is 7.78. The molecular weight excluding hydrogens is 292 g/mol. The zero-order valence-electron chi connectivity index (χ0n) is 13.1. The fraction of sp³-hybridized carbons (Fsp3) is 0.316. The van der Waals surface area contributed by atoms with E-state index in [-0.39, 0.29) is 12.5 Å². The fourth-order valence-corrected chi connectivity index (χ4v) is 3.00. The van der Waals surface area contributed by atoms with E-state index in [1.54, 1.807) is 7.11 Å². The van der Waals surface area contributed by atoms with E-state index in [1.807, 2.05) is 30.3 Å². The normalized spacial score (nSPS) is 13.6. The van der Waals surface area contributed by atoms with Crippen LogP contribution >= 0.6 is 0 Å². The molecule has 0 amide bonds. The summed E-state index contributed by atoms with van der Waals surface area (Å²) in [6, 6.07) is 14.0. The number of fused-ring (bicyclic) bond motifs is 1. The van der Waals surface area contributed by atoms with Crippen LogP contribution in [0.3, 0.4) is 0 Å². The molecule has 0 spiro atoms. The summed E-state index contributed by atoms with van der Waals surface area (Å²) in [7, 11) is 1.61. The van der Waals surface area contributed by atoms with Gasteiger partial charge in [-0.15, -0.1) is 0 Å². The van der Waals surface area contributed by atoms with Gasteiger partial charge in [0.1, 0.15) is 6.10 Å². The number of ether oxygens (including phenoxy) is 2. The van der Waals surface area contributed by atoms with Crippen LogP contribution in [0.25, 0.3) is 0 Å². The Hall–Kier alpha value is -2.49. The van der Waals surface area contributed by atoms with Gasteiger partial charge in [0.15, 0.2) is 11.5 Å². The third-order valence-electron chi connectivity index (χ3n) is 4.16. The Morgan fingerprint density at radius 2 is 1.83 bits per heavy atom. The molecule has 0 bridgehead atoms. The van der Waals surface area contributed by atoms with Crippen LogP contribution in [-0.4, -0.2) is 24.3 Å². The maximum Gasteiger partial charge on any atom is 0.303 e. The van der Waals surface area contributed by atoms with Crippen molar-refractivity contribution in [2.75, 3.05) is 7.11 Å². The van der Waals surface area contributed by atoms with Crippen molar-refractivity contribution in [3.63, 3.8) is 0 Å². The molecular formula is C19H20O4. The molecule has 0 unspecified atom stereocenters. The quantitative estimate of drug-likeness (QED) is 0.889. The molecule has 23 heavy (non-hydrogen) atoms. The highest BCUT2D eigenvalue weighted by atomic mass is 16.5. The van der Waals surface area contributed by atoms with E-state index in [4.69, 9.17) is 14.6 Å². The largest absolute Gasteiger partial charge is 0.493 e. The van der Waals surface area contributed by atoms with E-state index >= 15 is 0 Å². The predicted molar refractivity (Wildman–Crippen MR) is 87.2 cm³/mol. The number of carboxylic acid groups (broad SMARTS) is 1. The summed E-state index contributed by atoms with van der Waals surface area (Å²) in [4.78, 5) is 10.7. The zero-order valence-corrected chi connectivity index (χ0v) is 13.1. The molecule has 0 saturated carbocycles. The molecule has 2 aromatic rings. The average Bonchev–Trinajstić information content (AvgIpc) is 2.95. The summed E-state index contributed by atoms with van der Waals surface area (Å²) in [6.45, 7) is 0. The number of carbonyl (C=O) groups is 1. The van der Waals surface area contributed by atoms with E-state index in [9.17, 15) is 4.79 Å². The topological polar surface area (TPSA) is 55.8 Å². The molecule has 1 aliphatic rings. The molecule has 0 radical (unpaired) electrons. The lowest BCUT2D eigenvalue weighted by atomic mass is 10.1. The molecule has 4 heteroatoms. The molecule has 1 aliphatic carbocycles. The van der Waals surface area contributed by atoms with E-state index < -0.39 is 5.97 Å². The molecule has 3 rings (SSSR count). The Kier molecular flexibility index (Phi) is 4.51. The van der Waals surface area contributed by atoms with Gasteiger partial charge in [0.2, 0.25) is 0 Å². The lowest BCUT2D eigenvalue weighted by Gasteiger charge is -2.17. The van der Waals surface area contributed by atoms with Crippen LogP contribution in [0.1, 0.15) is 23.1 Å². The van der Waals surface area contributed by atoms with Gasteiger partial charge in [-0.2, -0.15) is 0 Å². The Morgan fingerprint density at radius 1 is 1.13 bits per heavy atom. The molecule has 0 aliphatic heterocycles. The van der Waals surface area contributed by atoms with Gasteiger partial charge < -0.3 is 14.6 Å². The number of aryl methyl sites for hydroxylation is 1. The summed E-state index contributed by atoms with van der Waals surface area (Å²) in [5, 5.41) is 8.82. The van der Waals surface area contributed by atoms with Crippen LogP contribution in [0.5, 0.6) is 11.5 Å². The van der Waals surface area contributed by atoms with E-state index in [1.165, 1.54) is 11.1 Å². The molecule has 0 aromatic heterocycles. The maximum absolute atomic E-state index is 10.7. The van der Waals surface area contributed by atoms with Crippen molar-refractivity contribution in [2.45, 2.75) is 31.8 Å². The standard InChI is InChI=1S/C19H20O4/c1-22-17-8-6-13(7-9-19(20)21)10-18(17)23-16-11-14-4-2-3-5-15(14)12-16/h2-6,8,10,16H,7,9,11-12H2,1H3,(H,20,21). The Labute approximate surface area is 135 Å². The summed E-state index contributed by atoms with van der Waals surface area (Å²) in [6.07, 6.45) is 2.47. The van der Waals surface area contributed by atoms with E-state index in [0.29, 0.717) is 17.9 Å². The van der Waals surface area contributed by atoms with Crippen LogP contribution in [0.2, 0.25) is 0 Å². The minimum Gasteiger partial charge on any atom is -0.493 e. The van der Waals surface area contributed by atoms with Crippen molar-refractivity contribution in [3.05, 3.63) is 59.2 Å². The van der Waals surface area contributed by atoms with Crippen molar-refractivity contribution >= 4 is 5.97 Å². The number of carboxylic acids is 1. The second-order valence-electron chi connectivity index (χ2n) is 5.80. The number of methoxy groups -OCH3 is 1. The lowest BCUT2D eigenvalue weighted by Crippen LogP contribution is -2.17. The molecule has 2 aromatic carbocycles. The van der Waals surface area contributed by atoms with Crippen molar-refractivity contribution in [2.24, 2.45) is 0 Å². The van der Waals surface area contributed by atoms with Crippen molar-refractivity contribution in [1.82, 2.24) is 0 Å². The number of hydrogen-bond donors (Lipinski definition) is 1. The summed E-state index contributed by atoms with van der Waals surface area (Å²) >= 11 is 0. The highest BCUT2D eigenvalue weighted by Crippen LogP contribution is 2.32. The molecule has 0 fully saturated rings. The Bertz CT molecular complexity index is 683. The minimum absolute atomic E-state index is 0.0935. The molecule has 0 heterocycles. The SMILES string of the molecule is COc1ccc(CCC(=O)O)cc1OC1Cc2ccccc2C1. The summed E-state index contributed by atoms with van der Waals surface area (Å²) in [5.41, 5.74) is 3.61. The van der Waals surface area contributed by atoms with Gasteiger partial charge in [-0.25, -0.2) is 0 Å². The molecule has 1 N–H and O–H groups in total. The van der Waals surface area contributed by atoms with Crippen LogP contribution in [0.15, 0.2) is 42.5 Å². The van der Waals surface area contributed by atoms with Gasteiger partial charge >= 0.3 is 5.97 Å². The third kappa shape index (κ3) is 3.65. The molecule has 0 saturated heterocycles. The number of rotatable bonds is 6. The van der Waals surface area contributed by atoms with Gasteiger partial charge in [-0.1, -0.05) is 30.3 Å². The van der Waals surface area contributed by atoms with Gasteiger partial charge in [0.25, 0.3) is 0 Å². The second-order valence-corrected chi connectivity index (χ2v) is 5.80. The zero-order chi connectivity index (χ0) is 16.2. The maximum atomic E-state index is 10.7. The highest BCUT2D eigenvalue weighted by molar-refractivity contribution is 5.67. The average molecular weight is 312 g/mol. The molecule has 0 atom stereocenters. The van der Waals surface area contributed by atoms with Gasteiger partial charge in [-0.05, 0) is 35.2 Å². The Morgan fingerprint density at radius 3 is 2.43 bits per heavy atom. The smallest absolute Gasteiger partial charge is 0.303 e. The monoisotopic (exact) mass is 312 g/mol. The predicted octanol–water partition coefficient (Wildman–Crippen LogP) is 3.26. The first-order valence-corrected chi connectivity index (χ1v) is 7.78. The minimum atomic E-state index is -0.797. The first-order chi connectivity index (χ1) is 11.2. The first kappa shape index (κ1) is 15.4. The van der Waals surface area contributed by atoms with Crippen LogP contribution in [0, 0.1) is 0 Å². The fourth-order valence-electron chi connectivity index (χ4n) is 3.00. The van der Waals surface area contributed by atoms with Gasteiger partial charge in [0, 0.05) is 19.3 Å². The number of benzene rings is 2. The number of aliphatic carboxylic acids is 1. The lowest BCUT2D eigenvalue weighted by molar-refractivity contribution is -0.136. The van der Waals surface area contributed by atoms with Crippen molar-refractivity contribution in [1.29, 1.82) is 0 Å². The summed E-state index contributed by atoms with van der Waals surface area (Å²) in [5.74, 6) is 0.572. The van der Waals surface area contributed by atoms with Gasteiger partial charge in [0.05, 0.1) is 7.11 Å². The summed E-state index contributed by atoms with van der Waals surface area (Å²) < 4.78 is 11.5. The number of hydrogen-bond acceptors (Lipinski definition) is 3. The van der Waals surface area contributed by atoms with E-state index in [2.05, 4.69) is 12.1 Å². The second kappa shape index (κ2) is 6.73. The van der Waals surface area contributed by atoms with Gasteiger partial charge in [-0.3, -0.25) is 4.79 Å². The van der Waals surface area contributed by atoms with Crippen LogP contribution < -0.4 is 9.47 Å². The van der Waals surface area contributed by atoms with E-state index in [0.717, 1.165) is 18.4 Å². The Balaban J connectivity index is 1.74. The highest BCUT2D eigenvalue weighted by Gasteiger charge is 2.23.